The molecule has 10 heteroatoms. The number of methoxy groups -OCH3 is 1. The lowest BCUT2D eigenvalue weighted by Gasteiger charge is -2.44. The highest BCUT2D eigenvalue weighted by atomic mass is 19.1. The van der Waals surface area contributed by atoms with Crippen LogP contribution in [0.2, 0.25) is 0 Å². The summed E-state index contributed by atoms with van der Waals surface area (Å²) in [6.07, 6.45) is 3.03. The van der Waals surface area contributed by atoms with E-state index >= 15 is 0 Å². The molecule has 0 unspecified atom stereocenters. The van der Waals surface area contributed by atoms with Crippen LogP contribution in [0.15, 0.2) is 30.6 Å². The molecule has 3 amide bonds. The summed E-state index contributed by atoms with van der Waals surface area (Å²) in [6, 6.07) is 5.81. The summed E-state index contributed by atoms with van der Waals surface area (Å²) < 4.78 is 19.6. The molecule has 2 aromatic rings. The summed E-state index contributed by atoms with van der Waals surface area (Å²) in [5.74, 6) is -1.50. The second-order valence-corrected chi connectivity index (χ2v) is 8.31. The molecule has 0 bridgehead atoms. The van der Waals surface area contributed by atoms with Gasteiger partial charge in [-0.15, -0.1) is 0 Å². The van der Waals surface area contributed by atoms with Crippen molar-refractivity contribution in [3.05, 3.63) is 53.4 Å². The highest BCUT2D eigenvalue weighted by molar-refractivity contribution is 6.07. The zero-order valence-electron chi connectivity index (χ0n) is 18.1. The quantitative estimate of drug-likeness (QED) is 0.595. The molecule has 1 atom stereocenters. The van der Waals surface area contributed by atoms with E-state index in [1.54, 1.807) is 28.5 Å². The van der Waals surface area contributed by atoms with Crippen molar-refractivity contribution in [3.63, 3.8) is 0 Å². The minimum Gasteiger partial charge on any atom is -0.383 e. The zero-order chi connectivity index (χ0) is 22.9. The van der Waals surface area contributed by atoms with Crippen LogP contribution in [0.1, 0.15) is 46.3 Å². The molecule has 2 aliphatic rings. The monoisotopic (exact) mass is 443 g/mol. The van der Waals surface area contributed by atoms with E-state index in [4.69, 9.17) is 4.74 Å². The van der Waals surface area contributed by atoms with Crippen LogP contribution in [0.5, 0.6) is 0 Å². The molecule has 1 aliphatic carbocycles. The number of nitrogens with one attached hydrogen (secondary N) is 2. The van der Waals surface area contributed by atoms with Gasteiger partial charge in [-0.3, -0.25) is 14.4 Å². The number of ether oxygens (including phenoxy) is 1. The van der Waals surface area contributed by atoms with Crippen molar-refractivity contribution in [1.29, 1.82) is 0 Å². The van der Waals surface area contributed by atoms with Crippen molar-refractivity contribution in [2.24, 2.45) is 0 Å². The van der Waals surface area contributed by atoms with Gasteiger partial charge in [0.05, 0.1) is 19.5 Å². The molecule has 0 saturated heterocycles. The molecule has 1 aromatic heterocycles. The number of hydrogen-bond acceptors (Lipinski definition) is 5. The highest BCUT2D eigenvalue weighted by Gasteiger charge is 2.53. The largest absolute Gasteiger partial charge is 0.383 e. The van der Waals surface area contributed by atoms with E-state index in [0.29, 0.717) is 13.2 Å². The van der Waals surface area contributed by atoms with Crippen molar-refractivity contribution in [2.75, 3.05) is 20.3 Å². The first-order valence-electron chi connectivity index (χ1n) is 10.5. The fourth-order valence-electron chi connectivity index (χ4n) is 4.05. The molecule has 4 rings (SSSR count). The first kappa shape index (κ1) is 21.9. The maximum atomic E-state index is 13.5. The Morgan fingerprint density at radius 2 is 1.97 bits per heavy atom. The molecule has 0 radical (unpaired) electrons. The first-order valence-corrected chi connectivity index (χ1v) is 10.5. The molecule has 2 N–H and O–H groups in total. The first-order chi connectivity index (χ1) is 15.3. The third-order valence-corrected chi connectivity index (χ3v) is 5.84. The van der Waals surface area contributed by atoms with Crippen molar-refractivity contribution < 1.29 is 23.5 Å². The smallest absolute Gasteiger partial charge is 0.274 e. The lowest BCUT2D eigenvalue weighted by atomic mass is 9.93. The second kappa shape index (κ2) is 8.70. The Hall–Kier alpha value is -3.27. The zero-order valence-corrected chi connectivity index (χ0v) is 18.1. The number of rotatable bonds is 8. The molecule has 32 heavy (non-hydrogen) atoms. The van der Waals surface area contributed by atoms with Crippen molar-refractivity contribution in [1.82, 2.24) is 25.1 Å². The summed E-state index contributed by atoms with van der Waals surface area (Å²) in [7, 11) is 1.53. The number of benzene rings is 1. The van der Waals surface area contributed by atoms with Crippen LogP contribution in [0, 0.1) is 5.82 Å². The summed E-state index contributed by atoms with van der Waals surface area (Å²) in [4.78, 5) is 45.1. The van der Waals surface area contributed by atoms with Crippen LogP contribution in [0.4, 0.5) is 4.39 Å². The Balaban J connectivity index is 1.56. The van der Waals surface area contributed by atoms with E-state index in [1.165, 1.54) is 25.6 Å². The summed E-state index contributed by atoms with van der Waals surface area (Å²) >= 11 is 0. The van der Waals surface area contributed by atoms with Crippen LogP contribution >= 0.6 is 0 Å². The summed E-state index contributed by atoms with van der Waals surface area (Å²) in [6.45, 7) is 2.76. The molecule has 170 valence electrons. The number of aromatic nitrogens is 2. The Labute approximate surface area is 184 Å². The molecule has 1 fully saturated rings. The third kappa shape index (κ3) is 4.10. The minimum absolute atomic E-state index is 0.0468. The average Bonchev–Trinajstić information content (AvgIpc) is 3.51. The average molecular weight is 443 g/mol. The van der Waals surface area contributed by atoms with Crippen molar-refractivity contribution in [3.8, 4) is 0 Å². The van der Waals surface area contributed by atoms with Crippen LogP contribution in [-0.2, 0) is 22.6 Å². The molecule has 1 saturated carbocycles. The van der Waals surface area contributed by atoms with Gasteiger partial charge in [-0.05, 0) is 37.5 Å². The second-order valence-electron chi connectivity index (χ2n) is 8.31. The SMILES string of the molecule is COCCNC(=O)c1ncn2c1C(=O)N(C1CC1)[C@@](C)(C(=O)NCc1ccc(F)cc1)C2. The van der Waals surface area contributed by atoms with Gasteiger partial charge in [0.25, 0.3) is 11.8 Å². The van der Waals surface area contributed by atoms with Crippen LogP contribution in [0.3, 0.4) is 0 Å². The highest BCUT2D eigenvalue weighted by Crippen LogP contribution is 2.38. The number of carbonyl (C=O) groups excluding carboxylic acids is 3. The van der Waals surface area contributed by atoms with E-state index in [9.17, 15) is 18.8 Å². The lowest BCUT2D eigenvalue weighted by molar-refractivity contribution is -0.133. The van der Waals surface area contributed by atoms with E-state index in [-0.39, 0.29) is 48.2 Å². The maximum Gasteiger partial charge on any atom is 0.274 e. The predicted octanol–water partition coefficient (Wildman–Crippen LogP) is 1.09. The Bertz CT molecular complexity index is 1030. The Morgan fingerprint density at radius 3 is 2.62 bits per heavy atom. The Morgan fingerprint density at radius 1 is 1.25 bits per heavy atom. The summed E-state index contributed by atoms with van der Waals surface area (Å²) in [5.41, 5.74) is -0.154. The minimum atomic E-state index is -1.14. The predicted molar refractivity (Wildman–Crippen MR) is 112 cm³/mol. The van der Waals surface area contributed by atoms with Crippen LogP contribution in [0.25, 0.3) is 0 Å². The van der Waals surface area contributed by atoms with Crippen LogP contribution in [-0.4, -0.2) is 64.0 Å². The van der Waals surface area contributed by atoms with Crippen molar-refractivity contribution >= 4 is 17.7 Å². The molecular formula is C22H26FN5O4. The van der Waals surface area contributed by atoms with Gasteiger partial charge in [0.15, 0.2) is 5.69 Å². The van der Waals surface area contributed by atoms with Crippen molar-refractivity contribution in [2.45, 2.75) is 44.4 Å². The lowest BCUT2D eigenvalue weighted by Crippen LogP contribution is -2.64. The summed E-state index contributed by atoms with van der Waals surface area (Å²) in [5, 5.41) is 5.56. The standard InChI is InChI=1S/C22H26FN5O4/c1-22(21(31)25-11-14-3-5-15(23)6-4-14)12-27-13-26-17(19(29)24-9-10-32-2)18(27)20(30)28(22)16-7-8-16/h3-6,13,16H,7-12H2,1-2H3,(H,24,29)(H,25,31)/t22-/m1/s1. The van der Waals surface area contributed by atoms with Gasteiger partial charge in [0.2, 0.25) is 5.91 Å². The third-order valence-electron chi connectivity index (χ3n) is 5.84. The van der Waals surface area contributed by atoms with Gasteiger partial charge in [-0.25, -0.2) is 9.37 Å². The van der Waals surface area contributed by atoms with Gasteiger partial charge < -0.3 is 24.8 Å². The van der Waals surface area contributed by atoms with E-state index < -0.39 is 11.4 Å². The number of hydrogen-bond donors (Lipinski definition) is 2. The molecular weight excluding hydrogens is 417 g/mol. The number of imidazole rings is 1. The number of halogens is 1. The molecule has 1 aliphatic heterocycles. The molecule has 9 nitrogen and oxygen atoms in total. The molecule has 0 spiro atoms. The number of fused-ring (bicyclic) bond motifs is 1. The van der Waals surface area contributed by atoms with Gasteiger partial charge in [0.1, 0.15) is 17.1 Å². The number of amides is 3. The van der Waals surface area contributed by atoms with Gasteiger partial charge in [-0.1, -0.05) is 12.1 Å². The number of carbonyl (C=O) groups is 3. The normalized spacial score (nSPS) is 20.1. The maximum absolute atomic E-state index is 13.5. The van der Waals surface area contributed by atoms with E-state index in [2.05, 4.69) is 15.6 Å². The Kier molecular flexibility index (Phi) is 5.96. The van der Waals surface area contributed by atoms with E-state index in [0.717, 1.165) is 18.4 Å². The van der Waals surface area contributed by atoms with Gasteiger partial charge in [0, 0.05) is 26.2 Å². The number of nitrogens with zero attached hydrogens (tertiary/aromatic N) is 3. The fourth-order valence-corrected chi connectivity index (χ4v) is 4.05. The van der Waals surface area contributed by atoms with Gasteiger partial charge in [-0.2, -0.15) is 0 Å². The fraction of sp³-hybridized carbons (Fsp3) is 0.455. The van der Waals surface area contributed by atoms with Gasteiger partial charge >= 0.3 is 0 Å². The van der Waals surface area contributed by atoms with Crippen LogP contribution < -0.4 is 10.6 Å². The molecule has 2 heterocycles. The van der Waals surface area contributed by atoms with E-state index in [1.807, 2.05) is 0 Å². The molecule has 1 aromatic carbocycles. The topological polar surface area (TPSA) is 106 Å².